The van der Waals surface area contributed by atoms with Gasteiger partial charge < -0.3 is 9.47 Å². The largest absolute Gasteiger partial charge is 0.493 e. The number of fused-ring (bicyclic) bond motifs is 3. The van der Waals surface area contributed by atoms with Crippen molar-refractivity contribution in [3.63, 3.8) is 0 Å². The third-order valence-electron chi connectivity index (χ3n) is 5.64. The fourth-order valence-electron chi connectivity index (χ4n) is 4.36. The van der Waals surface area contributed by atoms with Gasteiger partial charge in [-0.15, -0.1) is 6.58 Å². The Balaban J connectivity index is 1.70. The third-order valence-corrected chi connectivity index (χ3v) is 5.64. The van der Waals surface area contributed by atoms with Crippen molar-refractivity contribution < 1.29 is 14.4 Å². The molecule has 3 heteroatoms. The van der Waals surface area contributed by atoms with Crippen LogP contribution in [0.5, 0.6) is 17.2 Å². The van der Waals surface area contributed by atoms with Crippen LogP contribution < -0.4 is 14.4 Å². The Morgan fingerprint density at radius 1 is 0.806 bits per heavy atom. The Labute approximate surface area is 182 Å². The van der Waals surface area contributed by atoms with E-state index in [4.69, 9.17) is 9.47 Å². The van der Waals surface area contributed by atoms with E-state index < -0.39 is 0 Å². The van der Waals surface area contributed by atoms with E-state index in [1.807, 2.05) is 36.4 Å². The van der Waals surface area contributed by atoms with Crippen molar-refractivity contribution in [1.29, 1.82) is 0 Å². The van der Waals surface area contributed by atoms with Crippen LogP contribution in [0, 0.1) is 0 Å². The summed E-state index contributed by atoms with van der Waals surface area (Å²) in [5.74, 6) is 2.23. The second kappa shape index (κ2) is 8.13. The fraction of sp³-hybridized carbons (Fsp3) is 0.0714. The van der Waals surface area contributed by atoms with E-state index in [0.29, 0.717) is 12.2 Å². The molecule has 1 heterocycles. The molecule has 0 aliphatic carbocycles. The standard InChI is InChI=1S/C28H23NO2/c1-3-11-20-18-21(19-27(28(20)30-2)31-22-12-5-4-6-13-22)29-25-16-9-7-14-23(25)24-15-8-10-17-26(24)29/h3-10,12-19H,1,11H2,2H3/p+1. The van der Waals surface area contributed by atoms with Crippen molar-refractivity contribution in [3.05, 3.63) is 109 Å². The van der Waals surface area contributed by atoms with Crippen LogP contribution in [0.15, 0.2) is 104 Å². The first-order chi connectivity index (χ1) is 15.3. The minimum absolute atomic E-state index is 0.693. The number of para-hydroxylation sites is 3. The Morgan fingerprint density at radius 3 is 2.03 bits per heavy atom. The third kappa shape index (κ3) is 3.39. The molecule has 0 aromatic heterocycles. The van der Waals surface area contributed by atoms with Crippen LogP contribution in [-0.4, -0.2) is 7.11 Å². The molecule has 0 saturated carbocycles. The van der Waals surface area contributed by atoms with Crippen LogP contribution in [0.3, 0.4) is 0 Å². The van der Waals surface area contributed by atoms with Crippen molar-refractivity contribution in [2.45, 2.75) is 6.42 Å². The molecule has 1 aliphatic rings. The molecule has 152 valence electrons. The first kappa shape index (κ1) is 19.2. The highest BCUT2D eigenvalue weighted by molar-refractivity contribution is 5.86. The number of methoxy groups -OCH3 is 1. The zero-order valence-electron chi connectivity index (χ0n) is 17.5. The minimum Gasteiger partial charge on any atom is -0.493 e. The lowest BCUT2D eigenvalue weighted by atomic mass is 10.1. The average Bonchev–Trinajstić information content (AvgIpc) is 3.14. The normalized spacial score (nSPS) is 12.2. The molecule has 0 unspecified atom stereocenters. The van der Waals surface area contributed by atoms with Crippen molar-refractivity contribution in [2.24, 2.45) is 0 Å². The molecule has 0 spiro atoms. The predicted octanol–water partition coefficient (Wildman–Crippen LogP) is 6.38. The van der Waals surface area contributed by atoms with Crippen molar-refractivity contribution in [3.8, 4) is 28.4 Å². The van der Waals surface area contributed by atoms with Crippen LogP contribution in [-0.2, 0) is 6.42 Å². The molecule has 4 aromatic rings. The number of ether oxygens (including phenoxy) is 2. The summed E-state index contributed by atoms with van der Waals surface area (Å²) in [4.78, 5) is 1.22. The van der Waals surface area contributed by atoms with Crippen LogP contribution >= 0.6 is 0 Å². The number of rotatable bonds is 6. The second-order valence-electron chi connectivity index (χ2n) is 7.54. The Morgan fingerprint density at radius 2 is 1.42 bits per heavy atom. The lowest BCUT2D eigenvalue weighted by molar-refractivity contribution is -0.677. The van der Waals surface area contributed by atoms with E-state index in [0.717, 1.165) is 22.7 Å². The van der Waals surface area contributed by atoms with Gasteiger partial charge in [0, 0.05) is 41.0 Å². The molecule has 0 fully saturated rings. The number of quaternary nitrogens is 1. The van der Waals surface area contributed by atoms with Gasteiger partial charge in [-0.05, 0) is 30.7 Å². The molecule has 0 radical (unpaired) electrons. The number of allylic oxidation sites excluding steroid dienone is 1. The van der Waals surface area contributed by atoms with Crippen LogP contribution in [0.4, 0.5) is 17.1 Å². The summed E-state index contributed by atoms with van der Waals surface area (Å²) in [6, 6.07) is 31.3. The highest BCUT2D eigenvalue weighted by Crippen LogP contribution is 2.42. The van der Waals surface area contributed by atoms with Gasteiger partial charge in [-0.2, -0.15) is 0 Å². The smallest absolute Gasteiger partial charge is 0.175 e. The summed E-state index contributed by atoms with van der Waals surface area (Å²) in [7, 11) is 1.69. The fourth-order valence-corrected chi connectivity index (χ4v) is 4.36. The van der Waals surface area contributed by atoms with Gasteiger partial charge in [-0.1, -0.05) is 48.5 Å². The molecule has 0 saturated heterocycles. The second-order valence-corrected chi connectivity index (χ2v) is 7.54. The maximum atomic E-state index is 6.29. The molecule has 1 N–H and O–H groups in total. The number of nitrogens with one attached hydrogen (secondary N) is 1. The molecule has 31 heavy (non-hydrogen) atoms. The van der Waals surface area contributed by atoms with Gasteiger partial charge in [0.1, 0.15) is 22.8 Å². The topological polar surface area (TPSA) is 22.9 Å². The summed E-state index contributed by atoms with van der Waals surface area (Å²) < 4.78 is 12.1. The van der Waals surface area contributed by atoms with E-state index in [2.05, 4.69) is 67.2 Å². The average molecular weight is 407 g/mol. The van der Waals surface area contributed by atoms with Gasteiger partial charge >= 0.3 is 0 Å². The van der Waals surface area contributed by atoms with E-state index in [1.54, 1.807) is 7.11 Å². The highest BCUT2D eigenvalue weighted by Gasteiger charge is 2.34. The van der Waals surface area contributed by atoms with Gasteiger partial charge in [0.25, 0.3) is 0 Å². The number of hydrogen-bond donors (Lipinski definition) is 1. The molecule has 1 aliphatic heterocycles. The molecular weight excluding hydrogens is 382 g/mol. The van der Waals surface area contributed by atoms with Crippen LogP contribution in [0.2, 0.25) is 0 Å². The van der Waals surface area contributed by atoms with Crippen molar-refractivity contribution in [1.82, 2.24) is 0 Å². The Hall–Kier alpha value is -3.82. The molecule has 4 aromatic carbocycles. The van der Waals surface area contributed by atoms with Crippen LogP contribution in [0.1, 0.15) is 5.56 Å². The number of benzene rings is 4. The Bertz CT molecular complexity index is 1200. The molecular formula is C28H24NO2+. The molecule has 0 amide bonds. The van der Waals surface area contributed by atoms with E-state index in [-0.39, 0.29) is 0 Å². The molecule has 3 nitrogen and oxygen atoms in total. The monoisotopic (exact) mass is 406 g/mol. The minimum atomic E-state index is 0.693. The first-order valence-electron chi connectivity index (χ1n) is 10.4. The lowest BCUT2D eigenvalue weighted by Gasteiger charge is -2.19. The Kier molecular flexibility index (Phi) is 5.03. The van der Waals surface area contributed by atoms with Gasteiger partial charge in [0.15, 0.2) is 11.5 Å². The van der Waals surface area contributed by atoms with E-state index in [1.165, 1.54) is 27.4 Å². The zero-order chi connectivity index (χ0) is 21.2. The summed E-state index contributed by atoms with van der Waals surface area (Å²) >= 11 is 0. The quantitative estimate of drug-likeness (QED) is 0.331. The summed E-state index contributed by atoms with van der Waals surface area (Å²) in [6.07, 6.45) is 2.59. The predicted molar refractivity (Wildman–Crippen MR) is 125 cm³/mol. The van der Waals surface area contributed by atoms with Gasteiger partial charge in [0.05, 0.1) is 7.11 Å². The van der Waals surface area contributed by atoms with Gasteiger partial charge in [-0.25, -0.2) is 4.90 Å². The van der Waals surface area contributed by atoms with Gasteiger partial charge in [0.2, 0.25) is 0 Å². The van der Waals surface area contributed by atoms with Crippen molar-refractivity contribution in [2.75, 3.05) is 7.11 Å². The van der Waals surface area contributed by atoms with Crippen molar-refractivity contribution >= 4 is 17.1 Å². The maximum absolute atomic E-state index is 6.29. The summed E-state index contributed by atoms with van der Waals surface area (Å²) in [5.41, 5.74) is 7.17. The molecule has 0 atom stereocenters. The van der Waals surface area contributed by atoms with Gasteiger partial charge in [-0.3, -0.25) is 0 Å². The molecule has 5 rings (SSSR count). The highest BCUT2D eigenvalue weighted by atomic mass is 16.5. The lowest BCUT2D eigenvalue weighted by Crippen LogP contribution is -2.95. The van der Waals surface area contributed by atoms with E-state index in [9.17, 15) is 0 Å². The summed E-state index contributed by atoms with van der Waals surface area (Å²) in [6.45, 7) is 3.94. The number of hydrogen-bond acceptors (Lipinski definition) is 2. The van der Waals surface area contributed by atoms with Crippen LogP contribution in [0.25, 0.3) is 11.1 Å². The molecule has 0 bridgehead atoms. The SMILES string of the molecule is C=CCc1cc([NH+]2c3ccccc3-c3ccccc32)cc(Oc2ccccc2)c1OC. The first-order valence-corrected chi connectivity index (χ1v) is 10.4. The van der Waals surface area contributed by atoms with E-state index >= 15 is 0 Å². The zero-order valence-corrected chi connectivity index (χ0v) is 17.5. The maximum Gasteiger partial charge on any atom is 0.175 e. The summed E-state index contributed by atoms with van der Waals surface area (Å²) in [5, 5.41) is 0.